The number of aromatic amines is 1. The van der Waals surface area contributed by atoms with Crippen LogP contribution in [0.2, 0.25) is 0 Å². The summed E-state index contributed by atoms with van der Waals surface area (Å²) in [6.07, 6.45) is 0. The number of hydrogen-bond acceptors (Lipinski definition) is 1. The first-order valence-corrected chi connectivity index (χ1v) is 4.99. The first kappa shape index (κ1) is 12.2. The summed E-state index contributed by atoms with van der Waals surface area (Å²) in [7, 11) is 0. The maximum absolute atomic E-state index is 10.9. The number of aromatic carboxylic acids is 1. The molecule has 0 atom stereocenters. The number of H-pyrrole nitrogens is 1. The first-order chi connectivity index (χ1) is 7.75. The van der Waals surface area contributed by atoms with Crippen LogP contribution >= 0.6 is 0 Å². The van der Waals surface area contributed by atoms with Gasteiger partial charge >= 0.3 is 35.5 Å². The molecule has 0 aliphatic heterocycles. The molecule has 80 valence electrons. The van der Waals surface area contributed by atoms with Gasteiger partial charge in [-0.2, -0.15) is 0 Å². The number of hydrogen-bond donors (Lipinski definition) is 2. The molecule has 17 heavy (non-hydrogen) atoms. The molecule has 0 fully saturated rings. The van der Waals surface area contributed by atoms with Crippen molar-refractivity contribution in [2.75, 3.05) is 0 Å². The fraction of sp³-hybridized carbons (Fsp3) is 0. The predicted octanol–water partition coefficient (Wildman–Crippen LogP) is 0.136. The van der Waals surface area contributed by atoms with Crippen molar-refractivity contribution in [3.63, 3.8) is 0 Å². The van der Waals surface area contributed by atoms with Crippen molar-refractivity contribution in [3.05, 3.63) is 48.0 Å². The summed E-state index contributed by atoms with van der Waals surface area (Å²) in [5.74, 6) is -0.896. The molecule has 0 aliphatic rings. The minimum absolute atomic E-state index is 0. The fourth-order valence-corrected chi connectivity index (χ4v) is 1.98. The SMILES string of the molecule is O=C(O)c1ccc2[nH]c3ccccc3c2c1.[H-].[Na+]. The monoisotopic (exact) mass is 235 g/mol. The van der Waals surface area contributed by atoms with Gasteiger partial charge in [0.05, 0.1) is 5.56 Å². The van der Waals surface area contributed by atoms with Crippen molar-refractivity contribution in [1.82, 2.24) is 4.98 Å². The smallest absolute Gasteiger partial charge is 1.00 e. The van der Waals surface area contributed by atoms with E-state index in [0.29, 0.717) is 5.56 Å². The molecule has 3 aromatic rings. The van der Waals surface area contributed by atoms with E-state index in [4.69, 9.17) is 5.11 Å². The second kappa shape index (κ2) is 4.53. The third kappa shape index (κ3) is 1.97. The van der Waals surface area contributed by atoms with Gasteiger partial charge in [0.2, 0.25) is 0 Å². The minimum Gasteiger partial charge on any atom is -1.00 e. The van der Waals surface area contributed by atoms with Gasteiger partial charge in [0.25, 0.3) is 0 Å². The van der Waals surface area contributed by atoms with E-state index in [1.165, 1.54) is 0 Å². The molecule has 0 bridgehead atoms. The van der Waals surface area contributed by atoms with E-state index >= 15 is 0 Å². The Morgan fingerprint density at radius 2 is 1.76 bits per heavy atom. The zero-order valence-electron chi connectivity index (χ0n) is 10.4. The summed E-state index contributed by atoms with van der Waals surface area (Å²) in [4.78, 5) is 14.1. The molecule has 2 N–H and O–H groups in total. The zero-order chi connectivity index (χ0) is 11.1. The summed E-state index contributed by atoms with van der Waals surface area (Å²) < 4.78 is 0. The number of aromatic nitrogens is 1. The van der Waals surface area contributed by atoms with Crippen LogP contribution in [0, 0.1) is 0 Å². The molecule has 0 aliphatic carbocycles. The van der Waals surface area contributed by atoms with Crippen LogP contribution in [0.4, 0.5) is 0 Å². The van der Waals surface area contributed by atoms with Crippen molar-refractivity contribution in [1.29, 1.82) is 0 Å². The topological polar surface area (TPSA) is 53.1 Å². The molecule has 0 saturated heterocycles. The number of rotatable bonds is 1. The molecule has 3 nitrogen and oxygen atoms in total. The average Bonchev–Trinajstić information content (AvgIpc) is 2.66. The Kier molecular flexibility index (Phi) is 3.24. The van der Waals surface area contributed by atoms with E-state index in [1.807, 2.05) is 24.3 Å². The Morgan fingerprint density at radius 1 is 1.06 bits per heavy atom. The Morgan fingerprint density at radius 3 is 2.53 bits per heavy atom. The molecule has 1 heterocycles. The third-order valence-electron chi connectivity index (χ3n) is 2.75. The molecular weight excluding hydrogens is 225 g/mol. The summed E-state index contributed by atoms with van der Waals surface area (Å²) in [6, 6.07) is 13.0. The number of carbonyl (C=O) groups is 1. The van der Waals surface area contributed by atoms with Crippen LogP contribution in [0.5, 0.6) is 0 Å². The van der Waals surface area contributed by atoms with Gasteiger partial charge in [0.15, 0.2) is 0 Å². The second-order valence-corrected chi connectivity index (χ2v) is 3.74. The number of fused-ring (bicyclic) bond motifs is 3. The van der Waals surface area contributed by atoms with Crippen molar-refractivity contribution in [2.45, 2.75) is 0 Å². The Hall–Kier alpha value is -1.29. The number of nitrogens with one attached hydrogen (secondary N) is 1. The average molecular weight is 235 g/mol. The summed E-state index contributed by atoms with van der Waals surface area (Å²) in [5, 5.41) is 11.0. The van der Waals surface area contributed by atoms with Gasteiger partial charge < -0.3 is 11.5 Å². The van der Waals surface area contributed by atoms with E-state index < -0.39 is 5.97 Å². The van der Waals surface area contributed by atoms with Gasteiger partial charge in [-0.25, -0.2) is 4.79 Å². The molecule has 0 spiro atoms. The van der Waals surface area contributed by atoms with Gasteiger partial charge in [-0.3, -0.25) is 0 Å². The minimum atomic E-state index is -0.896. The largest absolute Gasteiger partial charge is 1.00 e. The van der Waals surface area contributed by atoms with Gasteiger partial charge in [-0.1, -0.05) is 18.2 Å². The predicted molar refractivity (Wildman–Crippen MR) is 63.9 cm³/mol. The van der Waals surface area contributed by atoms with Crippen molar-refractivity contribution >= 4 is 27.8 Å². The Labute approximate surface area is 121 Å². The van der Waals surface area contributed by atoms with Crippen molar-refractivity contribution < 1.29 is 40.9 Å². The maximum atomic E-state index is 10.9. The maximum Gasteiger partial charge on any atom is 1.00 e. The summed E-state index contributed by atoms with van der Waals surface area (Å²) in [5.41, 5.74) is 2.31. The van der Waals surface area contributed by atoms with Gasteiger partial charge in [0, 0.05) is 21.8 Å². The van der Waals surface area contributed by atoms with Crippen LogP contribution in [0.1, 0.15) is 11.8 Å². The molecule has 0 saturated carbocycles. The molecule has 0 radical (unpaired) electrons. The number of para-hydroxylation sites is 1. The van der Waals surface area contributed by atoms with Gasteiger partial charge in [-0.05, 0) is 24.3 Å². The quantitative estimate of drug-likeness (QED) is 0.589. The molecule has 3 rings (SSSR count). The van der Waals surface area contributed by atoms with E-state index in [2.05, 4.69) is 4.98 Å². The number of carboxylic acid groups (broad SMARTS) is 1. The van der Waals surface area contributed by atoms with Crippen molar-refractivity contribution in [2.24, 2.45) is 0 Å². The van der Waals surface area contributed by atoms with Crippen molar-refractivity contribution in [3.8, 4) is 0 Å². The second-order valence-electron chi connectivity index (χ2n) is 3.74. The Balaban J connectivity index is 0.000000810. The standard InChI is InChI=1S/C13H9NO2.Na.H/c15-13(16)8-5-6-12-10(7-8)9-3-1-2-4-11(9)14-12;;/h1-7,14H,(H,15,16);;/q;+1;-1. The molecule has 0 unspecified atom stereocenters. The van der Waals surface area contributed by atoms with Crippen LogP contribution in [-0.2, 0) is 0 Å². The van der Waals surface area contributed by atoms with Crippen LogP contribution in [0.25, 0.3) is 21.8 Å². The fourth-order valence-electron chi connectivity index (χ4n) is 1.98. The van der Waals surface area contributed by atoms with Crippen LogP contribution in [0.3, 0.4) is 0 Å². The van der Waals surface area contributed by atoms with Crippen LogP contribution in [-0.4, -0.2) is 16.1 Å². The van der Waals surface area contributed by atoms with Gasteiger partial charge in [-0.15, -0.1) is 0 Å². The normalized spacial score (nSPS) is 10.4. The first-order valence-electron chi connectivity index (χ1n) is 4.99. The van der Waals surface area contributed by atoms with E-state index in [1.54, 1.807) is 18.2 Å². The molecule has 1 aromatic heterocycles. The van der Waals surface area contributed by atoms with Crippen LogP contribution < -0.4 is 29.6 Å². The van der Waals surface area contributed by atoms with Crippen LogP contribution in [0.15, 0.2) is 42.5 Å². The number of carboxylic acids is 1. The number of benzene rings is 2. The Bertz CT molecular complexity index is 708. The molecule has 0 amide bonds. The molecular formula is C13H10NNaO2. The zero-order valence-corrected chi connectivity index (χ0v) is 11.4. The van der Waals surface area contributed by atoms with Gasteiger partial charge in [0.1, 0.15) is 0 Å². The van der Waals surface area contributed by atoms with E-state index in [9.17, 15) is 4.79 Å². The third-order valence-corrected chi connectivity index (χ3v) is 2.75. The van der Waals surface area contributed by atoms with E-state index in [0.717, 1.165) is 21.8 Å². The summed E-state index contributed by atoms with van der Waals surface area (Å²) in [6.45, 7) is 0. The molecule has 4 heteroatoms. The van der Waals surface area contributed by atoms with E-state index in [-0.39, 0.29) is 31.0 Å². The molecule has 2 aromatic carbocycles. The summed E-state index contributed by atoms with van der Waals surface area (Å²) >= 11 is 0.